The highest BCUT2D eigenvalue weighted by atomic mass is 16.5. The summed E-state index contributed by atoms with van der Waals surface area (Å²) in [5, 5.41) is 0. The number of ether oxygens (including phenoxy) is 1. The van der Waals surface area contributed by atoms with Crippen molar-refractivity contribution in [1.29, 1.82) is 0 Å². The fraction of sp³-hybridized carbons (Fsp3) is 0.500. The second-order valence-electron chi connectivity index (χ2n) is 5.61. The van der Waals surface area contributed by atoms with Crippen molar-refractivity contribution in [3.05, 3.63) is 29.8 Å². The van der Waals surface area contributed by atoms with Gasteiger partial charge in [-0.25, -0.2) is 0 Å². The van der Waals surface area contributed by atoms with Crippen molar-refractivity contribution in [3.63, 3.8) is 0 Å². The first-order valence-electron chi connectivity index (χ1n) is 7.19. The van der Waals surface area contributed by atoms with E-state index < -0.39 is 0 Å². The van der Waals surface area contributed by atoms with Gasteiger partial charge in [0, 0.05) is 0 Å². The Kier molecular flexibility index (Phi) is 3.47. The number of hydrogen-bond acceptors (Lipinski definition) is 3. The summed E-state index contributed by atoms with van der Waals surface area (Å²) in [7, 11) is 1.62. The van der Waals surface area contributed by atoms with Crippen LogP contribution in [0, 0.1) is 11.8 Å². The summed E-state index contributed by atoms with van der Waals surface area (Å²) < 4.78 is 5.11. The van der Waals surface area contributed by atoms with Gasteiger partial charge in [0.1, 0.15) is 5.75 Å². The van der Waals surface area contributed by atoms with Crippen molar-refractivity contribution >= 4 is 11.8 Å². The van der Waals surface area contributed by atoms with Crippen LogP contribution in [-0.2, 0) is 16.1 Å². The van der Waals surface area contributed by atoms with E-state index in [9.17, 15) is 9.59 Å². The number of carbonyl (C=O) groups is 2. The largest absolute Gasteiger partial charge is 0.497 e. The summed E-state index contributed by atoms with van der Waals surface area (Å²) in [5.41, 5.74) is 0.964. The molecule has 0 N–H and O–H groups in total. The number of rotatable bonds is 3. The van der Waals surface area contributed by atoms with Crippen LogP contribution < -0.4 is 4.74 Å². The second kappa shape index (κ2) is 5.27. The van der Waals surface area contributed by atoms with Crippen LogP contribution in [0.15, 0.2) is 24.3 Å². The van der Waals surface area contributed by atoms with Gasteiger partial charge in [0.2, 0.25) is 11.8 Å². The molecule has 1 aromatic carbocycles. The summed E-state index contributed by atoms with van der Waals surface area (Å²) in [6.45, 7) is 0.384. The van der Waals surface area contributed by atoms with Crippen molar-refractivity contribution in [2.75, 3.05) is 7.11 Å². The SMILES string of the molecule is COc1ccc(CN2C(=O)[C@H]3CCCC[C@H]3C2=O)cc1. The molecule has 3 rings (SSSR count). The van der Waals surface area contributed by atoms with E-state index in [1.54, 1.807) is 7.11 Å². The molecule has 20 heavy (non-hydrogen) atoms. The molecule has 1 aliphatic carbocycles. The van der Waals surface area contributed by atoms with E-state index in [1.165, 1.54) is 4.90 Å². The van der Waals surface area contributed by atoms with Gasteiger partial charge in [-0.3, -0.25) is 14.5 Å². The molecular weight excluding hydrogens is 254 g/mol. The predicted molar refractivity (Wildman–Crippen MR) is 74.0 cm³/mol. The molecular formula is C16H19NO3. The maximum atomic E-state index is 12.4. The lowest BCUT2D eigenvalue weighted by Crippen LogP contribution is -2.30. The number of nitrogens with zero attached hydrogens (tertiary/aromatic N) is 1. The molecule has 0 unspecified atom stereocenters. The maximum absolute atomic E-state index is 12.4. The first-order chi connectivity index (χ1) is 9.70. The average molecular weight is 273 g/mol. The van der Waals surface area contributed by atoms with E-state index in [1.807, 2.05) is 24.3 Å². The summed E-state index contributed by atoms with van der Waals surface area (Å²) in [6.07, 6.45) is 3.87. The van der Waals surface area contributed by atoms with Crippen molar-refractivity contribution < 1.29 is 14.3 Å². The summed E-state index contributed by atoms with van der Waals surface area (Å²) in [5.74, 6) is 0.705. The Balaban J connectivity index is 1.76. The number of hydrogen-bond donors (Lipinski definition) is 0. The van der Waals surface area contributed by atoms with Gasteiger partial charge in [-0.1, -0.05) is 25.0 Å². The Hall–Kier alpha value is -1.84. The Morgan fingerprint density at radius 2 is 1.60 bits per heavy atom. The summed E-state index contributed by atoms with van der Waals surface area (Å²) in [6, 6.07) is 7.52. The minimum absolute atomic E-state index is 0.0236. The first kappa shape index (κ1) is 13.2. The highest BCUT2D eigenvalue weighted by Gasteiger charge is 2.47. The Morgan fingerprint density at radius 1 is 1.05 bits per heavy atom. The molecule has 106 valence electrons. The van der Waals surface area contributed by atoms with E-state index in [0.29, 0.717) is 6.54 Å². The molecule has 0 spiro atoms. The van der Waals surface area contributed by atoms with Crippen LogP contribution in [0.5, 0.6) is 5.75 Å². The van der Waals surface area contributed by atoms with Gasteiger partial charge in [0.25, 0.3) is 0 Å². The van der Waals surface area contributed by atoms with Crippen molar-refractivity contribution in [3.8, 4) is 5.75 Å². The fourth-order valence-electron chi connectivity index (χ4n) is 3.30. The lowest BCUT2D eigenvalue weighted by atomic mass is 9.81. The standard InChI is InChI=1S/C16H19NO3/c1-20-12-8-6-11(7-9-12)10-17-15(18)13-4-2-3-5-14(13)16(17)19/h6-9,13-14H,2-5,10H2,1H3/t13-,14+. The molecule has 2 amide bonds. The quantitative estimate of drug-likeness (QED) is 0.794. The molecule has 0 aromatic heterocycles. The maximum Gasteiger partial charge on any atom is 0.233 e. The van der Waals surface area contributed by atoms with E-state index in [0.717, 1.165) is 37.0 Å². The number of likely N-dealkylation sites (tertiary alicyclic amines) is 1. The van der Waals surface area contributed by atoms with Crippen LogP contribution in [0.4, 0.5) is 0 Å². The Morgan fingerprint density at radius 3 is 2.10 bits per heavy atom. The highest BCUT2D eigenvalue weighted by molar-refractivity contribution is 6.05. The third-order valence-electron chi connectivity index (χ3n) is 4.43. The van der Waals surface area contributed by atoms with Crippen molar-refractivity contribution in [1.82, 2.24) is 4.90 Å². The molecule has 4 heteroatoms. The van der Waals surface area contributed by atoms with E-state index >= 15 is 0 Å². The number of methoxy groups -OCH3 is 1. The minimum Gasteiger partial charge on any atom is -0.497 e. The van der Waals surface area contributed by atoms with E-state index in [2.05, 4.69) is 0 Å². The lowest BCUT2D eigenvalue weighted by molar-refractivity contribution is -0.140. The zero-order valence-corrected chi connectivity index (χ0v) is 11.7. The topological polar surface area (TPSA) is 46.6 Å². The van der Waals surface area contributed by atoms with E-state index in [-0.39, 0.29) is 23.7 Å². The number of carbonyl (C=O) groups excluding carboxylic acids is 2. The van der Waals surface area contributed by atoms with Crippen LogP contribution in [-0.4, -0.2) is 23.8 Å². The van der Waals surface area contributed by atoms with Crippen LogP contribution in [0.2, 0.25) is 0 Å². The molecule has 2 atom stereocenters. The lowest BCUT2D eigenvalue weighted by Gasteiger charge is -2.19. The molecule has 1 heterocycles. The molecule has 0 bridgehead atoms. The zero-order chi connectivity index (χ0) is 14.1. The normalized spacial score (nSPS) is 25.8. The van der Waals surface area contributed by atoms with Gasteiger partial charge in [-0.05, 0) is 30.5 Å². The molecule has 1 aliphatic heterocycles. The monoisotopic (exact) mass is 273 g/mol. The van der Waals surface area contributed by atoms with E-state index in [4.69, 9.17) is 4.74 Å². The van der Waals surface area contributed by atoms with Gasteiger partial charge in [-0.15, -0.1) is 0 Å². The molecule has 2 fully saturated rings. The molecule has 1 saturated heterocycles. The Labute approximate surface area is 118 Å². The van der Waals surface area contributed by atoms with Gasteiger partial charge in [0.05, 0.1) is 25.5 Å². The number of benzene rings is 1. The second-order valence-corrected chi connectivity index (χ2v) is 5.61. The van der Waals surface area contributed by atoms with Crippen molar-refractivity contribution in [2.45, 2.75) is 32.2 Å². The average Bonchev–Trinajstić information content (AvgIpc) is 2.74. The summed E-state index contributed by atoms with van der Waals surface area (Å²) in [4.78, 5) is 26.2. The van der Waals surface area contributed by atoms with Gasteiger partial charge >= 0.3 is 0 Å². The van der Waals surface area contributed by atoms with Gasteiger partial charge < -0.3 is 4.74 Å². The molecule has 1 saturated carbocycles. The van der Waals surface area contributed by atoms with Crippen LogP contribution >= 0.6 is 0 Å². The fourth-order valence-corrected chi connectivity index (χ4v) is 3.30. The Bertz CT molecular complexity index is 499. The molecule has 0 radical (unpaired) electrons. The third kappa shape index (κ3) is 2.19. The molecule has 4 nitrogen and oxygen atoms in total. The molecule has 2 aliphatic rings. The van der Waals surface area contributed by atoms with Gasteiger partial charge in [-0.2, -0.15) is 0 Å². The zero-order valence-electron chi connectivity index (χ0n) is 11.7. The number of amides is 2. The first-order valence-corrected chi connectivity index (χ1v) is 7.19. The summed E-state index contributed by atoms with van der Waals surface area (Å²) >= 11 is 0. The minimum atomic E-state index is -0.0606. The van der Waals surface area contributed by atoms with Crippen LogP contribution in [0.25, 0.3) is 0 Å². The molecule has 1 aromatic rings. The van der Waals surface area contributed by atoms with Gasteiger partial charge in [0.15, 0.2) is 0 Å². The third-order valence-corrected chi connectivity index (χ3v) is 4.43. The smallest absolute Gasteiger partial charge is 0.233 e. The van der Waals surface area contributed by atoms with Crippen molar-refractivity contribution in [2.24, 2.45) is 11.8 Å². The number of fused-ring (bicyclic) bond motifs is 1. The highest BCUT2D eigenvalue weighted by Crippen LogP contribution is 2.38. The van der Waals surface area contributed by atoms with Crippen LogP contribution in [0.1, 0.15) is 31.2 Å². The van der Waals surface area contributed by atoms with Crippen LogP contribution in [0.3, 0.4) is 0 Å². The number of imide groups is 1. The predicted octanol–water partition coefficient (Wildman–Crippen LogP) is 2.37.